The summed E-state index contributed by atoms with van der Waals surface area (Å²) in [6.07, 6.45) is 0.368. The molecule has 5 heteroatoms. The molecule has 0 spiro atoms. The van der Waals surface area contributed by atoms with Gasteiger partial charge in [0.05, 0.1) is 13.0 Å². The van der Waals surface area contributed by atoms with E-state index in [1.807, 2.05) is 62.3 Å². The van der Waals surface area contributed by atoms with Crippen molar-refractivity contribution >= 4 is 11.7 Å². The summed E-state index contributed by atoms with van der Waals surface area (Å²) in [7, 11) is 3.86. The molecule has 0 saturated carbocycles. The van der Waals surface area contributed by atoms with Gasteiger partial charge in [0, 0.05) is 25.9 Å². The fraction of sp³-hybridized carbons (Fsp3) is 0.312. The molecule has 0 aliphatic carbocycles. The number of hydrogen-bond acceptors (Lipinski definition) is 4. The maximum atomic E-state index is 11.9. The van der Waals surface area contributed by atoms with Crippen LogP contribution in [0.1, 0.15) is 17.1 Å². The zero-order valence-electron chi connectivity index (χ0n) is 12.6. The molecule has 110 valence electrons. The van der Waals surface area contributed by atoms with Crippen molar-refractivity contribution in [3.8, 4) is 0 Å². The molecule has 0 aliphatic heterocycles. The molecule has 0 fully saturated rings. The Balaban J connectivity index is 1.95. The third-order valence-corrected chi connectivity index (χ3v) is 3.00. The summed E-state index contributed by atoms with van der Waals surface area (Å²) < 4.78 is 0. The Morgan fingerprint density at radius 1 is 1.19 bits per heavy atom. The second-order valence-corrected chi connectivity index (χ2v) is 5.12. The van der Waals surface area contributed by atoms with Crippen molar-refractivity contribution in [2.24, 2.45) is 0 Å². The molecule has 5 nitrogen and oxygen atoms in total. The number of anilines is 1. The fourth-order valence-corrected chi connectivity index (χ4v) is 1.94. The number of carbonyl (C=O) groups is 1. The van der Waals surface area contributed by atoms with Gasteiger partial charge in [-0.25, -0.2) is 9.97 Å². The summed E-state index contributed by atoms with van der Waals surface area (Å²) >= 11 is 0. The average molecular weight is 284 g/mol. The van der Waals surface area contributed by atoms with Gasteiger partial charge < -0.3 is 10.2 Å². The van der Waals surface area contributed by atoms with Crippen LogP contribution >= 0.6 is 0 Å². The van der Waals surface area contributed by atoms with E-state index in [0.29, 0.717) is 18.8 Å². The average Bonchev–Trinajstić information content (AvgIpc) is 2.45. The highest BCUT2D eigenvalue weighted by Crippen LogP contribution is 2.09. The first-order chi connectivity index (χ1) is 10.0. The Bertz CT molecular complexity index is 611. The van der Waals surface area contributed by atoms with Gasteiger partial charge in [0.1, 0.15) is 11.6 Å². The second-order valence-electron chi connectivity index (χ2n) is 5.12. The van der Waals surface area contributed by atoms with Crippen molar-refractivity contribution in [3.63, 3.8) is 0 Å². The molecule has 1 aromatic heterocycles. The highest BCUT2D eigenvalue weighted by atomic mass is 16.1. The zero-order chi connectivity index (χ0) is 15.2. The van der Waals surface area contributed by atoms with Gasteiger partial charge >= 0.3 is 0 Å². The summed E-state index contributed by atoms with van der Waals surface area (Å²) in [6, 6.07) is 11.6. The number of amides is 1. The number of rotatable bonds is 5. The van der Waals surface area contributed by atoms with Gasteiger partial charge in [-0.2, -0.15) is 0 Å². The van der Waals surface area contributed by atoms with E-state index in [2.05, 4.69) is 15.3 Å². The van der Waals surface area contributed by atoms with E-state index in [-0.39, 0.29) is 5.91 Å². The van der Waals surface area contributed by atoms with Crippen molar-refractivity contribution in [1.82, 2.24) is 15.3 Å². The van der Waals surface area contributed by atoms with Crippen LogP contribution in [0.5, 0.6) is 0 Å². The molecule has 0 unspecified atom stereocenters. The van der Waals surface area contributed by atoms with E-state index < -0.39 is 0 Å². The highest BCUT2D eigenvalue weighted by molar-refractivity contribution is 5.78. The molecular weight excluding hydrogens is 264 g/mol. The minimum absolute atomic E-state index is 0.0299. The molecule has 2 aromatic rings. The van der Waals surface area contributed by atoms with Crippen LogP contribution in [0.2, 0.25) is 0 Å². The van der Waals surface area contributed by atoms with E-state index in [1.165, 1.54) is 0 Å². The third-order valence-electron chi connectivity index (χ3n) is 3.00. The predicted molar refractivity (Wildman–Crippen MR) is 83.1 cm³/mol. The molecule has 2 rings (SSSR count). The molecule has 1 N–H and O–H groups in total. The summed E-state index contributed by atoms with van der Waals surface area (Å²) in [4.78, 5) is 22.6. The molecule has 21 heavy (non-hydrogen) atoms. The minimum Gasteiger partial charge on any atom is -0.363 e. The first-order valence-corrected chi connectivity index (χ1v) is 6.87. The molecule has 0 bridgehead atoms. The van der Waals surface area contributed by atoms with Crippen molar-refractivity contribution in [3.05, 3.63) is 53.5 Å². The van der Waals surface area contributed by atoms with Crippen LogP contribution in [0.4, 0.5) is 5.82 Å². The summed E-state index contributed by atoms with van der Waals surface area (Å²) in [5.41, 5.74) is 1.88. The number of nitrogens with zero attached hydrogens (tertiary/aromatic N) is 3. The van der Waals surface area contributed by atoms with Crippen molar-refractivity contribution in [2.75, 3.05) is 19.0 Å². The predicted octanol–water partition coefficient (Wildman–Crippen LogP) is 1.71. The summed E-state index contributed by atoms with van der Waals surface area (Å²) in [5, 5.41) is 2.86. The lowest BCUT2D eigenvalue weighted by Gasteiger charge is -2.13. The standard InChI is InChI=1S/C16H20N4O/c1-12-9-15(20(2)3)19-14(18-12)11-17-16(21)10-13-7-5-4-6-8-13/h4-9H,10-11H2,1-3H3,(H,17,21). The molecular formula is C16H20N4O. The molecule has 0 atom stereocenters. The fourth-order valence-electron chi connectivity index (χ4n) is 1.94. The van der Waals surface area contributed by atoms with Crippen LogP contribution in [0.3, 0.4) is 0 Å². The number of carbonyl (C=O) groups excluding carboxylic acids is 1. The highest BCUT2D eigenvalue weighted by Gasteiger charge is 2.07. The Kier molecular flexibility index (Phi) is 4.87. The van der Waals surface area contributed by atoms with Crippen molar-refractivity contribution in [1.29, 1.82) is 0 Å². The first kappa shape index (κ1) is 15.0. The smallest absolute Gasteiger partial charge is 0.224 e. The topological polar surface area (TPSA) is 58.1 Å². The zero-order valence-corrected chi connectivity index (χ0v) is 12.6. The van der Waals surface area contributed by atoms with Gasteiger partial charge in [-0.05, 0) is 12.5 Å². The Morgan fingerprint density at radius 3 is 2.57 bits per heavy atom. The number of hydrogen-bond donors (Lipinski definition) is 1. The van der Waals surface area contributed by atoms with Crippen LogP contribution in [0, 0.1) is 6.92 Å². The van der Waals surface area contributed by atoms with Gasteiger partial charge in [0.25, 0.3) is 0 Å². The van der Waals surface area contributed by atoms with Gasteiger partial charge in [-0.15, -0.1) is 0 Å². The molecule has 0 radical (unpaired) electrons. The minimum atomic E-state index is -0.0299. The van der Waals surface area contributed by atoms with Crippen molar-refractivity contribution < 1.29 is 4.79 Å². The molecule has 1 heterocycles. The van der Waals surface area contributed by atoms with Gasteiger partial charge in [-0.3, -0.25) is 4.79 Å². The maximum Gasteiger partial charge on any atom is 0.224 e. The Labute approximate surface area is 125 Å². The van der Waals surface area contributed by atoms with Gasteiger partial charge in [0.15, 0.2) is 0 Å². The Hall–Kier alpha value is -2.43. The van der Waals surface area contributed by atoms with E-state index in [9.17, 15) is 4.79 Å². The summed E-state index contributed by atoms with van der Waals surface area (Å²) in [6.45, 7) is 2.26. The normalized spacial score (nSPS) is 10.2. The summed E-state index contributed by atoms with van der Waals surface area (Å²) in [5.74, 6) is 1.44. The molecule has 0 saturated heterocycles. The van der Waals surface area contributed by atoms with E-state index in [0.717, 1.165) is 17.1 Å². The number of nitrogens with one attached hydrogen (secondary N) is 1. The largest absolute Gasteiger partial charge is 0.363 e. The number of aryl methyl sites for hydroxylation is 1. The van der Waals surface area contributed by atoms with Crippen LogP contribution in [-0.2, 0) is 17.8 Å². The molecule has 1 amide bonds. The lowest BCUT2D eigenvalue weighted by atomic mass is 10.1. The number of aromatic nitrogens is 2. The SMILES string of the molecule is Cc1cc(N(C)C)nc(CNC(=O)Cc2ccccc2)n1. The van der Waals surface area contributed by atoms with Crippen LogP contribution in [-0.4, -0.2) is 30.0 Å². The third kappa shape index (κ3) is 4.56. The molecule has 0 aliphatic rings. The Morgan fingerprint density at radius 2 is 1.90 bits per heavy atom. The lowest BCUT2D eigenvalue weighted by molar-refractivity contribution is -0.120. The number of benzene rings is 1. The molecule has 1 aromatic carbocycles. The van der Waals surface area contributed by atoms with E-state index >= 15 is 0 Å². The van der Waals surface area contributed by atoms with Crippen LogP contribution in [0.15, 0.2) is 36.4 Å². The van der Waals surface area contributed by atoms with E-state index in [4.69, 9.17) is 0 Å². The van der Waals surface area contributed by atoms with Gasteiger partial charge in [-0.1, -0.05) is 30.3 Å². The van der Waals surface area contributed by atoms with Gasteiger partial charge in [0.2, 0.25) is 5.91 Å². The van der Waals surface area contributed by atoms with Crippen molar-refractivity contribution in [2.45, 2.75) is 19.9 Å². The second kappa shape index (κ2) is 6.83. The lowest BCUT2D eigenvalue weighted by Crippen LogP contribution is -2.26. The first-order valence-electron chi connectivity index (χ1n) is 6.87. The van der Waals surface area contributed by atoms with Crippen LogP contribution in [0.25, 0.3) is 0 Å². The van der Waals surface area contributed by atoms with Crippen LogP contribution < -0.4 is 10.2 Å². The van der Waals surface area contributed by atoms with E-state index in [1.54, 1.807) is 0 Å². The quantitative estimate of drug-likeness (QED) is 0.908. The maximum absolute atomic E-state index is 11.9. The monoisotopic (exact) mass is 284 g/mol.